The summed E-state index contributed by atoms with van der Waals surface area (Å²) in [5.41, 5.74) is -0.480. The molecular weight excluding hydrogens is 560 g/mol. The second-order valence-electron chi connectivity index (χ2n) is 10.1. The molecule has 0 saturated carbocycles. The molecule has 42 heavy (non-hydrogen) atoms. The number of phenols is 1. The first-order valence-corrected chi connectivity index (χ1v) is 13.1. The monoisotopic (exact) mass is 598 g/mol. The van der Waals surface area contributed by atoms with E-state index in [-0.39, 0.29) is 44.0 Å². The van der Waals surface area contributed by atoms with Gasteiger partial charge in [0, 0.05) is 32.5 Å². The summed E-state index contributed by atoms with van der Waals surface area (Å²) >= 11 is 0. The van der Waals surface area contributed by atoms with E-state index in [1.807, 2.05) is 0 Å². The quantitative estimate of drug-likeness (QED) is 0.177. The lowest BCUT2D eigenvalue weighted by Crippen LogP contribution is -2.56. The van der Waals surface area contributed by atoms with Crippen molar-refractivity contribution < 1.29 is 62.2 Å². The molecular formula is C27H38N2O13. The topological polar surface area (TPSA) is 194 Å². The number of alkyl carbamates (subject to hydrolysis) is 1. The summed E-state index contributed by atoms with van der Waals surface area (Å²) in [7, 11) is 1.10. The first kappa shape index (κ1) is 34.1. The predicted octanol–water partition coefficient (Wildman–Crippen LogP) is 1.19. The van der Waals surface area contributed by atoms with E-state index in [1.165, 1.54) is 18.2 Å². The fourth-order valence-electron chi connectivity index (χ4n) is 3.73. The zero-order valence-corrected chi connectivity index (χ0v) is 24.4. The van der Waals surface area contributed by atoms with Crippen LogP contribution in [0.1, 0.15) is 51.4 Å². The van der Waals surface area contributed by atoms with Gasteiger partial charge in [-0.3, -0.25) is 14.4 Å². The SMILES string of the molecule is COC(=O)[C@H]1OC(Oc2ccc(C(=O)NCCOCCNC(=O)OC(C)(C)C)cc2O)C[C@@H](OC(C)=O)[C@@H]1OC(C)=O. The number of benzene rings is 1. The standard InChI is InChI=1S/C27H38N2O13/c1-15(30)38-20-14-21(41-23(25(34)36-6)22(20)39-16(2)31)40-19-8-7-17(13-18(19)32)24(33)28-9-11-37-12-10-29-26(35)42-27(3,4)5/h7-8,13,20-23,32H,9-12,14H2,1-6H3,(H,28,33)(H,29,35)/t20-,21?,22+,23+/m1/s1. The van der Waals surface area contributed by atoms with Crippen LogP contribution in [-0.4, -0.2) is 98.6 Å². The third kappa shape index (κ3) is 11.4. The van der Waals surface area contributed by atoms with E-state index in [0.717, 1.165) is 21.0 Å². The van der Waals surface area contributed by atoms with Crippen LogP contribution in [0.2, 0.25) is 0 Å². The lowest BCUT2D eigenvalue weighted by molar-refractivity contribution is -0.242. The molecule has 0 spiro atoms. The Morgan fingerprint density at radius 1 is 1.00 bits per heavy atom. The Labute approximate surface area is 243 Å². The van der Waals surface area contributed by atoms with Crippen LogP contribution in [0.4, 0.5) is 4.79 Å². The number of phenolic OH excluding ortho intramolecular Hbond substituents is 1. The molecule has 2 amide bonds. The number of ether oxygens (including phenoxy) is 7. The normalized spacial score (nSPS) is 20.0. The molecule has 4 atom stereocenters. The van der Waals surface area contributed by atoms with Gasteiger partial charge < -0.3 is 48.9 Å². The average molecular weight is 599 g/mol. The minimum Gasteiger partial charge on any atom is -0.504 e. The van der Waals surface area contributed by atoms with E-state index in [0.29, 0.717) is 0 Å². The third-order valence-corrected chi connectivity index (χ3v) is 5.37. The minimum atomic E-state index is -1.48. The molecule has 3 N–H and O–H groups in total. The fraction of sp³-hybridized carbons (Fsp3) is 0.593. The largest absolute Gasteiger partial charge is 0.504 e. The van der Waals surface area contributed by atoms with Gasteiger partial charge in [0.05, 0.1) is 26.7 Å². The Morgan fingerprint density at radius 2 is 1.64 bits per heavy atom. The van der Waals surface area contributed by atoms with Crippen LogP contribution in [0.15, 0.2) is 18.2 Å². The first-order chi connectivity index (χ1) is 19.7. The van der Waals surface area contributed by atoms with Crippen LogP contribution in [0.3, 0.4) is 0 Å². The molecule has 1 aliphatic rings. The molecule has 1 aromatic rings. The van der Waals surface area contributed by atoms with Crippen LogP contribution in [0.5, 0.6) is 11.5 Å². The number of hydrogen-bond acceptors (Lipinski definition) is 13. The van der Waals surface area contributed by atoms with Crippen LogP contribution < -0.4 is 15.4 Å². The smallest absolute Gasteiger partial charge is 0.407 e. The summed E-state index contributed by atoms with van der Waals surface area (Å²) in [5.74, 6) is -3.31. The Morgan fingerprint density at radius 3 is 2.21 bits per heavy atom. The number of esters is 3. The molecule has 0 aliphatic carbocycles. The van der Waals surface area contributed by atoms with Gasteiger partial charge in [-0.05, 0) is 39.0 Å². The highest BCUT2D eigenvalue weighted by atomic mass is 16.7. The van der Waals surface area contributed by atoms with Crippen molar-refractivity contribution in [3.05, 3.63) is 23.8 Å². The van der Waals surface area contributed by atoms with Gasteiger partial charge in [0.15, 0.2) is 23.7 Å². The number of amides is 2. The van der Waals surface area contributed by atoms with E-state index in [9.17, 15) is 29.1 Å². The Kier molecular flexibility index (Phi) is 12.8. The summed E-state index contributed by atoms with van der Waals surface area (Å²) in [5, 5.41) is 15.7. The highest BCUT2D eigenvalue weighted by Gasteiger charge is 2.48. The molecule has 2 rings (SSSR count). The number of carbonyl (C=O) groups is 5. The number of aromatic hydroxyl groups is 1. The molecule has 15 nitrogen and oxygen atoms in total. The van der Waals surface area contributed by atoms with Gasteiger partial charge in [0.2, 0.25) is 6.29 Å². The molecule has 1 fully saturated rings. The number of rotatable bonds is 12. The molecule has 1 unspecified atom stereocenters. The van der Waals surface area contributed by atoms with Gasteiger partial charge >= 0.3 is 24.0 Å². The van der Waals surface area contributed by atoms with E-state index >= 15 is 0 Å². The Hall–Kier alpha value is -4.11. The highest BCUT2D eigenvalue weighted by Crippen LogP contribution is 2.33. The van der Waals surface area contributed by atoms with Crippen LogP contribution in [0.25, 0.3) is 0 Å². The molecule has 15 heteroatoms. The van der Waals surface area contributed by atoms with Crippen LogP contribution in [0, 0.1) is 0 Å². The summed E-state index contributed by atoms with van der Waals surface area (Å²) in [6.07, 6.45) is -5.82. The zero-order chi connectivity index (χ0) is 31.4. The molecule has 234 valence electrons. The third-order valence-electron chi connectivity index (χ3n) is 5.37. The van der Waals surface area contributed by atoms with Crippen LogP contribution >= 0.6 is 0 Å². The Balaban J connectivity index is 1.91. The van der Waals surface area contributed by atoms with Gasteiger partial charge in [-0.1, -0.05) is 0 Å². The second-order valence-corrected chi connectivity index (χ2v) is 10.1. The molecule has 1 aromatic carbocycles. The summed E-state index contributed by atoms with van der Waals surface area (Å²) in [6, 6.07) is 3.88. The van der Waals surface area contributed by atoms with Gasteiger partial charge in [-0.25, -0.2) is 9.59 Å². The molecule has 1 aliphatic heterocycles. The van der Waals surface area contributed by atoms with E-state index in [2.05, 4.69) is 10.6 Å². The second kappa shape index (κ2) is 15.8. The van der Waals surface area contributed by atoms with Crippen molar-refractivity contribution in [2.45, 2.75) is 71.2 Å². The maximum atomic E-state index is 12.5. The van der Waals surface area contributed by atoms with Crippen LogP contribution in [-0.2, 0) is 42.8 Å². The number of nitrogens with one attached hydrogen (secondary N) is 2. The zero-order valence-electron chi connectivity index (χ0n) is 24.4. The summed E-state index contributed by atoms with van der Waals surface area (Å²) in [4.78, 5) is 59.6. The highest BCUT2D eigenvalue weighted by molar-refractivity contribution is 5.94. The van der Waals surface area contributed by atoms with Crippen molar-refractivity contribution >= 4 is 29.9 Å². The fourth-order valence-corrected chi connectivity index (χ4v) is 3.73. The average Bonchev–Trinajstić information content (AvgIpc) is 2.88. The maximum Gasteiger partial charge on any atom is 0.407 e. The van der Waals surface area contributed by atoms with Gasteiger partial charge in [-0.15, -0.1) is 0 Å². The lowest BCUT2D eigenvalue weighted by Gasteiger charge is -2.38. The first-order valence-electron chi connectivity index (χ1n) is 13.1. The van der Waals surface area contributed by atoms with Crippen molar-refractivity contribution in [3.63, 3.8) is 0 Å². The number of hydrogen-bond donors (Lipinski definition) is 3. The predicted molar refractivity (Wildman–Crippen MR) is 143 cm³/mol. The summed E-state index contributed by atoms with van der Waals surface area (Å²) < 4.78 is 36.9. The summed E-state index contributed by atoms with van der Waals surface area (Å²) in [6.45, 7) is 8.31. The molecule has 0 aromatic heterocycles. The van der Waals surface area contributed by atoms with E-state index in [1.54, 1.807) is 20.8 Å². The van der Waals surface area contributed by atoms with Gasteiger partial charge in [0.1, 0.15) is 11.7 Å². The van der Waals surface area contributed by atoms with Crippen molar-refractivity contribution in [1.29, 1.82) is 0 Å². The number of carbonyl (C=O) groups excluding carboxylic acids is 5. The number of methoxy groups -OCH3 is 1. The van der Waals surface area contributed by atoms with Gasteiger partial charge in [-0.2, -0.15) is 0 Å². The maximum absolute atomic E-state index is 12.5. The van der Waals surface area contributed by atoms with E-state index < -0.39 is 65.9 Å². The molecule has 0 bridgehead atoms. The van der Waals surface area contributed by atoms with Gasteiger partial charge in [0.25, 0.3) is 5.91 Å². The molecule has 0 radical (unpaired) electrons. The molecule has 1 saturated heterocycles. The van der Waals surface area contributed by atoms with Crippen molar-refractivity contribution in [2.75, 3.05) is 33.4 Å². The van der Waals surface area contributed by atoms with Crippen molar-refractivity contribution in [2.24, 2.45) is 0 Å². The van der Waals surface area contributed by atoms with Crippen molar-refractivity contribution in [1.82, 2.24) is 10.6 Å². The van der Waals surface area contributed by atoms with Crippen molar-refractivity contribution in [3.8, 4) is 11.5 Å². The minimum absolute atomic E-state index is 0.0894. The Bertz CT molecular complexity index is 1120. The van der Waals surface area contributed by atoms with E-state index in [4.69, 9.17) is 33.2 Å². The molecule has 1 heterocycles. The lowest BCUT2D eigenvalue weighted by atomic mass is 10.0.